The lowest BCUT2D eigenvalue weighted by Crippen LogP contribution is -2.48. The lowest BCUT2D eigenvalue weighted by molar-refractivity contribution is 0.0925. The number of thiazole rings is 1. The van der Waals surface area contributed by atoms with Crippen LogP contribution in [-0.2, 0) is 7.05 Å². The molecule has 1 saturated heterocycles. The third kappa shape index (κ3) is 3.37. The number of nitrogens with one attached hydrogen (secondary N) is 1. The maximum Gasteiger partial charge on any atom is 0.269 e. The third-order valence-electron chi connectivity index (χ3n) is 4.99. The number of fused-ring (bicyclic) bond motifs is 1. The third-order valence-corrected chi connectivity index (χ3v) is 6.24. The monoisotopic (exact) mass is 385 g/mol. The van der Waals surface area contributed by atoms with Gasteiger partial charge in [0.1, 0.15) is 17.0 Å². The molecule has 8 heteroatoms. The van der Waals surface area contributed by atoms with Gasteiger partial charge in [0.15, 0.2) is 5.13 Å². The van der Waals surface area contributed by atoms with Gasteiger partial charge >= 0.3 is 0 Å². The van der Waals surface area contributed by atoms with Gasteiger partial charge in [-0.05, 0) is 31.4 Å². The van der Waals surface area contributed by atoms with E-state index in [4.69, 9.17) is 9.72 Å². The first-order valence-corrected chi connectivity index (χ1v) is 9.84. The number of carbonyl (C=O) groups is 1. The Balaban J connectivity index is 1.53. The highest BCUT2D eigenvalue weighted by Gasteiger charge is 2.25. The molecule has 0 bridgehead atoms. The van der Waals surface area contributed by atoms with Gasteiger partial charge in [-0.2, -0.15) is 0 Å². The zero-order chi connectivity index (χ0) is 19.0. The van der Waals surface area contributed by atoms with Crippen LogP contribution in [0.15, 0.2) is 24.7 Å². The second-order valence-electron chi connectivity index (χ2n) is 6.91. The van der Waals surface area contributed by atoms with Gasteiger partial charge in [-0.1, -0.05) is 17.4 Å². The number of anilines is 1. The number of amides is 1. The van der Waals surface area contributed by atoms with Crippen molar-refractivity contribution in [2.24, 2.45) is 7.05 Å². The van der Waals surface area contributed by atoms with Crippen LogP contribution in [0.1, 0.15) is 28.9 Å². The summed E-state index contributed by atoms with van der Waals surface area (Å²) < 4.78 is 8.36. The fourth-order valence-corrected chi connectivity index (χ4v) is 4.59. The number of benzene rings is 1. The van der Waals surface area contributed by atoms with E-state index in [0.717, 1.165) is 47.0 Å². The van der Waals surface area contributed by atoms with Gasteiger partial charge in [-0.3, -0.25) is 4.79 Å². The fraction of sp³-hybridized carbons (Fsp3) is 0.421. The Hall–Kier alpha value is -2.61. The summed E-state index contributed by atoms with van der Waals surface area (Å²) >= 11 is 1.69. The van der Waals surface area contributed by atoms with Gasteiger partial charge in [0, 0.05) is 26.2 Å². The van der Waals surface area contributed by atoms with Crippen molar-refractivity contribution in [2.75, 3.05) is 25.1 Å². The molecule has 27 heavy (non-hydrogen) atoms. The van der Waals surface area contributed by atoms with E-state index >= 15 is 0 Å². The van der Waals surface area contributed by atoms with Crippen molar-refractivity contribution in [1.29, 1.82) is 0 Å². The van der Waals surface area contributed by atoms with Crippen LogP contribution >= 0.6 is 11.3 Å². The molecule has 1 aliphatic heterocycles. The van der Waals surface area contributed by atoms with Crippen LogP contribution in [0.4, 0.5) is 5.13 Å². The van der Waals surface area contributed by atoms with E-state index in [1.807, 2.05) is 13.1 Å². The Morgan fingerprint density at radius 3 is 3.00 bits per heavy atom. The number of piperidine rings is 1. The van der Waals surface area contributed by atoms with Crippen LogP contribution < -0.4 is 15.0 Å². The van der Waals surface area contributed by atoms with Crippen molar-refractivity contribution in [3.05, 3.63) is 35.9 Å². The minimum Gasteiger partial charge on any atom is -0.494 e. The van der Waals surface area contributed by atoms with Gasteiger partial charge in [-0.15, -0.1) is 0 Å². The maximum absolute atomic E-state index is 12.5. The summed E-state index contributed by atoms with van der Waals surface area (Å²) in [4.78, 5) is 23.6. The number of nitrogens with zero attached hydrogens (tertiary/aromatic N) is 4. The fourth-order valence-electron chi connectivity index (χ4n) is 3.50. The van der Waals surface area contributed by atoms with E-state index in [9.17, 15) is 4.79 Å². The highest BCUT2D eigenvalue weighted by atomic mass is 32.1. The molecule has 0 spiro atoms. The molecular formula is C19H23N5O2S. The number of hydrogen-bond donors (Lipinski definition) is 1. The van der Waals surface area contributed by atoms with Crippen LogP contribution in [0, 0.1) is 6.92 Å². The maximum atomic E-state index is 12.5. The van der Waals surface area contributed by atoms with Gasteiger partial charge in [0.2, 0.25) is 0 Å². The van der Waals surface area contributed by atoms with Crippen LogP contribution in [0.2, 0.25) is 0 Å². The summed E-state index contributed by atoms with van der Waals surface area (Å²) in [5, 5.41) is 4.12. The second kappa shape index (κ2) is 7.19. The first-order chi connectivity index (χ1) is 13.1. The molecule has 7 nitrogen and oxygen atoms in total. The Kier molecular flexibility index (Phi) is 4.73. The molecule has 1 amide bonds. The zero-order valence-corrected chi connectivity index (χ0v) is 16.5. The molecule has 1 N–H and O–H groups in total. The zero-order valence-electron chi connectivity index (χ0n) is 15.7. The van der Waals surface area contributed by atoms with Crippen molar-refractivity contribution in [3.63, 3.8) is 0 Å². The molecule has 1 atom stereocenters. The summed E-state index contributed by atoms with van der Waals surface area (Å²) in [6, 6.07) is 4.13. The first-order valence-electron chi connectivity index (χ1n) is 9.03. The lowest BCUT2D eigenvalue weighted by Gasteiger charge is -2.32. The molecule has 1 aromatic carbocycles. The molecule has 1 fully saturated rings. The molecule has 0 radical (unpaired) electrons. The molecule has 1 unspecified atom stereocenters. The number of carbonyl (C=O) groups excluding carboxylic acids is 1. The van der Waals surface area contributed by atoms with Crippen LogP contribution in [-0.4, -0.2) is 46.7 Å². The first kappa shape index (κ1) is 17.8. The summed E-state index contributed by atoms with van der Waals surface area (Å²) in [5.41, 5.74) is 2.69. The minimum absolute atomic E-state index is 0.0799. The summed E-state index contributed by atoms with van der Waals surface area (Å²) in [6.07, 6.45) is 5.22. The Morgan fingerprint density at radius 1 is 1.41 bits per heavy atom. The Bertz CT molecular complexity index is 980. The average molecular weight is 385 g/mol. The number of rotatable bonds is 4. The molecule has 1 aliphatic rings. The van der Waals surface area contributed by atoms with Crippen LogP contribution in [0.5, 0.6) is 5.75 Å². The lowest BCUT2D eigenvalue weighted by atomic mass is 10.1. The number of aromatic nitrogens is 3. The topological polar surface area (TPSA) is 72.3 Å². The standard InChI is InChI=1S/C19H23N5O2S/c1-12-6-7-15(26-3)16-17(12)27-19(22-16)24-8-4-5-13(10-24)21-18(25)14-9-20-11-23(14)2/h6-7,9,11,13H,4-5,8,10H2,1-3H3,(H,21,25). The predicted molar refractivity (Wildman–Crippen MR) is 107 cm³/mol. The molecule has 2 aromatic heterocycles. The van der Waals surface area contributed by atoms with Crippen molar-refractivity contribution in [3.8, 4) is 5.75 Å². The smallest absolute Gasteiger partial charge is 0.269 e. The highest BCUT2D eigenvalue weighted by Crippen LogP contribution is 2.37. The van der Waals surface area contributed by atoms with E-state index in [0.29, 0.717) is 5.69 Å². The molecule has 3 aromatic rings. The number of methoxy groups -OCH3 is 1. The SMILES string of the molecule is COc1ccc(C)c2sc(N3CCCC(NC(=O)c4cncn4C)C3)nc12. The van der Waals surface area contributed by atoms with Gasteiger partial charge < -0.3 is 19.5 Å². The summed E-state index contributed by atoms with van der Waals surface area (Å²) in [5.74, 6) is 0.722. The van der Waals surface area contributed by atoms with Crippen molar-refractivity contribution in [2.45, 2.75) is 25.8 Å². The van der Waals surface area contributed by atoms with E-state index in [-0.39, 0.29) is 11.9 Å². The molecule has 4 rings (SSSR count). The van der Waals surface area contributed by atoms with Gasteiger partial charge in [0.25, 0.3) is 5.91 Å². The largest absolute Gasteiger partial charge is 0.494 e. The second-order valence-corrected chi connectivity index (χ2v) is 7.88. The highest BCUT2D eigenvalue weighted by molar-refractivity contribution is 7.22. The van der Waals surface area contributed by atoms with Gasteiger partial charge in [0.05, 0.1) is 24.3 Å². The number of aryl methyl sites for hydroxylation is 2. The number of ether oxygens (including phenoxy) is 1. The van der Waals surface area contributed by atoms with E-state index in [2.05, 4.69) is 28.2 Å². The van der Waals surface area contributed by atoms with Crippen molar-refractivity contribution >= 4 is 32.6 Å². The summed E-state index contributed by atoms with van der Waals surface area (Å²) in [6.45, 7) is 3.79. The van der Waals surface area contributed by atoms with E-state index in [1.165, 1.54) is 5.56 Å². The average Bonchev–Trinajstić information content (AvgIpc) is 3.29. The molecule has 0 saturated carbocycles. The predicted octanol–water partition coefficient (Wildman–Crippen LogP) is 2.75. The summed E-state index contributed by atoms with van der Waals surface area (Å²) in [7, 11) is 3.50. The Labute approximate surface area is 162 Å². The van der Waals surface area contributed by atoms with Crippen LogP contribution in [0.3, 0.4) is 0 Å². The van der Waals surface area contributed by atoms with Crippen molar-refractivity contribution < 1.29 is 9.53 Å². The molecule has 3 heterocycles. The Morgan fingerprint density at radius 2 is 2.26 bits per heavy atom. The molecule has 142 valence electrons. The van der Waals surface area contributed by atoms with Crippen molar-refractivity contribution in [1.82, 2.24) is 19.9 Å². The molecule has 0 aliphatic carbocycles. The van der Waals surface area contributed by atoms with E-state index in [1.54, 1.807) is 35.5 Å². The van der Waals surface area contributed by atoms with Gasteiger partial charge in [-0.25, -0.2) is 9.97 Å². The quantitative estimate of drug-likeness (QED) is 0.748. The van der Waals surface area contributed by atoms with Crippen LogP contribution in [0.25, 0.3) is 10.2 Å². The molecular weight excluding hydrogens is 362 g/mol. The van der Waals surface area contributed by atoms with E-state index < -0.39 is 0 Å². The minimum atomic E-state index is -0.0799. The normalized spacial score (nSPS) is 17.3. The number of imidazole rings is 1. The number of hydrogen-bond acceptors (Lipinski definition) is 6.